The first-order valence-electron chi connectivity index (χ1n) is 7.90. The van der Waals surface area contributed by atoms with E-state index in [4.69, 9.17) is 0 Å². The van der Waals surface area contributed by atoms with Crippen molar-refractivity contribution in [2.75, 3.05) is 5.32 Å². The first-order valence-corrected chi connectivity index (χ1v) is 7.90. The number of carbonyl (C=O) groups excluding carboxylic acids is 1. The molecule has 114 valence electrons. The summed E-state index contributed by atoms with van der Waals surface area (Å²) in [6.07, 6.45) is 1.12. The molecule has 0 saturated heterocycles. The van der Waals surface area contributed by atoms with Gasteiger partial charge in [0.1, 0.15) is 0 Å². The van der Waals surface area contributed by atoms with Crippen LogP contribution in [-0.4, -0.2) is 10.9 Å². The lowest BCUT2D eigenvalue weighted by molar-refractivity contribution is 0.212. The highest BCUT2D eigenvalue weighted by Gasteiger charge is 2.22. The zero-order valence-electron chi connectivity index (χ0n) is 13.2. The number of nitrogens with zero attached hydrogens (tertiary/aromatic N) is 1. The van der Waals surface area contributed by atoms with Crippen molar-refractivity contribution in [2.24, 2.45) is 0 Å². The number of urea groups is 1. The van der Waals surface area contributed by atoms with Gasteiger partial charge in [0.05, 0.1) is 0 Å². The lowest BCUT2D eigenvalue weighted by Gasteiger charge is -2.17. The van der Waals surface area contributed by atoms with Crippen LogP contribution in [0.25, 0.3) is 0 Å². The number of hydrogen-bond acceptors (Lipinski definition) is 1. The molecule has 1 aliphatic rings. The molecule has 22 heavy (non-hydrogen) atoms. The molecule has 1 unspecified atom stereocenters. The van der Waals surface area contributed by atoms with Crippen LogP contribution < -0.4 is 5.32 Å². The molecule has 0 bridgehead atoms. The SMILES string of the molecule is CCC(C)c1ccc(NC(=O)N2Cc3ccccc3C2)cc1. The molecule has 1 N–H and O–H groups in total. The smallest absolute Gasteiger partial charge is 0.316 e. The summed E-state index contributed by atoms with van der Waals surface area (Å²) in [5.41, 5.74) is 4.65. The molecule has 0 fully saturated rings. The molecular formula is C19H22N2O. The minimum atomic E-state index is -0.0347. The predicted molar refractivity (Wildman–Crippen MR) is 89.9 cm³/mol. The van der Waals surface area contributed by atoms with E-state index < -0.39 is 0 Å². The zero-order chi connectivity index (χ0) is 15.5. The molecule has 2 aromatic carbocycles. The van der Waals surface area contributed by atoms with E-state index in [0.717, 1.165) is 12.1 Å². The number of fused-ring (bicyclic) bond motifs is 1. The first kappa shape index (κ1) is 14.6. The number of anilines is 1. The van der Waals surface area contributed by atoms with Gasteiger partial charge in [-0.2, -0.15) is 0 Å². The van der Waals surface area contributed by atoms with Gasteiger partial charge in [0.15, 0.2) is 0 Å². The van der Waals surface area contributed by atoms with Crippen molar-refractivity contribution in [2.45, 2.75) is 39.3 Å². The first-order chi connectivity index (χ1) is 10.7. The Morgan fingerprint density at radius 1 is 1.09 bits per heavy atom. The maximum absolute atomic E-state index is 12.4. The lowest BCUT2D eigenvalue weighted by atomic mass is 9.99. The maximum Gasteiger partial charge on any atom is 0.322 e. The number of hydrogen-bond donors (Lipinski definition) is 1. The van der Waals surface area contributed by atoms with Gasteiger partial charge in [-0.05, 0) is 41.2 Å². The summed E-state index contributed by atoms with van der Waals surface area (Å²) >= 11 is 0. The molecule has 0 saturated carbocycles. The highest BCUT2D eigenvalue weighted by Crippen LogP contribution is 2.24. The Morgan fingerprint density at radius 2 is 1.68 bits per heavy atom. The van der Waals surface area contributed by atoms with E-state index in [-0.39, 0.29) is 6.03 Å². The molecule has 1 aliphatic heterocycles. The van der Waals surface area contributed by atoms with Gasteiger partial charge in [-0.1, -0.05) is 50.2 Å². The van der Waals surface area contributed by atoms with Crippen molar-refractivity contribution in [3.05, 3.63) is 65.2 Å². The van der Waals surface area contributed by atoms with Gasteiger partial charge in [0, 0.05) is 18.8 Å². The van der Waals surface area contributed by atoms with Crippen LogP contribution in [0.15, 0.2) is 48.5 Å². The second-order valence-corrected chi connectivity index (χ2v) is 5.99. The largest absolute Gasteiger partial charge is 0.322 e. The summed E-state index contributed by atoms with van der Waals surface area (Å²) in [5.74, 6) is 0.554. The standard InChI is InChI=1S/C19H22N2O/c1-3-14(2)15-8-10-18(11-9-15)20-19(22)21-12-16-6-4-5-7-17(16)13-21/h4-11,14H,3,12-13H2,1-2H3,(H,20,22). The normalized spacial score (nSPS) is 14.5. The molecule has 2 aromatic rings. The predicted octanol–water partition coefficient (Wildman–Crippen LogP) is 4.75. The summed E-state index contributed by atoms with van der Waals surface area (Å²) in [4.78, 5) is 14.2. The number of carbonyl (C=O) groups is 1. The Hall–Kier alpha value is -2.29. The summed E-state index contributed by atoms with van der Waals surface area (Å²) in [6.45, 7) is 5.78. The molecule has 0 aromatic heterocycles. The average molecular weight is 294 g/mol. The Morgan fingerprint density at radius 3 is 2.23 bits per heavy atom. The third-order valence-corrected chi connectivity index (χ3v) is 4.47. The summed E-state index contributed by atoms with van der Waals surface area (Å²) in [6, 6.07) is 16.4. The van der Waals surface area contributed by atoms with Crippen molar-refractivity contribution in [3.63, 3.8) is 0 Å². The Kier molecular flexibility index (Phi) is 4.14. The van der Waals surface area contributed by atoms with Crippen molar-refractivity contribution < 1.29 is 4.79 Å². The van der Waals surface area contributed by atoms with E-state index >= 15 is 0 Å². The van der Waals surface area contributed by atoms with Crippen LogP contribution in [0.4, 0.5) is 10.5 Å². The third-order valence-electron chi connectivity index (χ3n) is 4.47. The van der Waals surface area contributed by atoms with Gasteiger partial charge >= 0.3 is 6.03 Å². The number of amides is 2. The van der Waals surface area contributed by atoms with Gasteiger partial charge in [-0.3, -0.25) is 0 Å². The molecule has 1 heterocycles. The Labute approximate surface area is 132 Å². The van der Waals surface area contributed by atoms with Crippen molar-refractivity contribution in [3.8, 4) is 0 Å². The fourth-order valence-corrected chi connectivity index (χ4v) is 2.81. The second-order valence-electron chi connectivity index (χ2n) is 5.99. The molecule has 3 heteroatoms. The third kappa shape index (κ3) is 2.98. The van der Waals surface area contributed by atoms with Gasteiger partial charge in [-0.15, -0.1) is 0 Å². The molecule has 0 aliphatic carbocycles. The lowest BCUT2D eigenvalue weighted by Crippen LogP contribution is -2.30. The highest BCUT2D eigenvalue weighted by molar-refractivity contribution is 5.89. The summed E-state index contributed by atoms with van der Waals surface area (Å²) in [5, 5.41) is 2.99. The number of nitrogens with one attached hydrogen (secondary N) is 1. The van der Waals surface area contributed by atoms with Crippen molar-refractivity contribution >= 4 is 11.7 Å². The number of rotatable bonds is 3. The minimum absolute atomic E-state index is 0.0347. The average Bonchev–Trinajstić information content (AvgIpc) is 2.99. The van der Waals surface area contributed by atoms with Crippen LogP contribution in [0, 0.1) is 0 Å². The van der Waals surface area contributed by atoms with Crippen molar-refractivity contribution in [1.29, 1.82) is 0 Å². The molecular weight excluding hydrogens is 272 g/mol. The quantitative estimate of drug-likeness (QED) is 0.870. The van der Waals surface area contributed by atoms with Crippen LogP contribution in [0.5, 0.6) is 0 Å². The minimum Gasteiger partial charge on any atom is -0.316 e. The monoisotopic (exact) mass is 294 g/mol. The maximum atomic E-state index is 12.4. The van der Waals surface area contributed by atoms with Gasteiger partial charge in [0.2, 0.25) is 0 Å². The van der Waals surface area contributed by atoms with E-state index in [2.05, 4.69) is 43.4 Å². The second kappa shape index (κ2) is 6.22. The summed E-state index contributed by atoms with van der Waals surface area (Å²) in [7, 11) is 0. The topological polar surface area (TPSA) is 32.3 Å². The van der Waals surface area contributed by atoms with E-state index in [1.165, 1.54) is 16.7 Å². The van der Waals surface area contributed by atoms with Crippen LogP contribution in [0.3, 0.4) is 0 Å². The van der Waals surface area contributed by atoms with Gasteiger partial charge in [-0.25, -0.2) is 4.79 Å². The van der Waals surface area contributed by atoms with Crippen molar-refractivity contribution in [1.82, 2.24) is 4.90 Å². The molecule has 3 rings (SSSR count). The molecule has 1 atom stereocenters. The zero-order valence-corrected chi connectivity index (χ0v) is 13.2. The van der Waals surface area contributed by atoms with E-state index in [9.17, 15) is 4.79 Å². The van der Waals surface area contributed by atoms with E-state index in [0.29, 0.717) is 19.0 Å². The molecule has 3 nitrogen and oxygen atoms in total. The molecule has 0 spiro atoms. The van der Waals surface area contributed by atoms with Gasteiger partial charge in [0.25, 0.3) is 0 Å². The van der Waals surface area contributed by atoms with E-state index in [1.54, 1.807) is 0 Å². The van der Waals surface area contributed by atoms with Gasteiger partial charge < -0.3 is 10.2 Å². The fraction of sp³-hybridized carbons (Fsp3) is 0.316. The van der Waals surface area contributed by atoms with E-state index in [1.807, 2.05) is 29.2 Å². The van der Waals surface area contributed by atoms with Crippen LogP contribution >= 0.6 is 0 Å². The molecule has 0 radical (unpaired) electrons. The van der Waals surface area contributed by atoms with Crippen LogP contribution in [-0.2, 0) is 13.1 Å². The number of benzene rings is 2. The fourth-order valence-electron chi connectivity index (χ4n) is 2.81. The van der Waals surface area contributed by atoms with Crippen LogP contribution in [0.1, 0.15) is 42.9 Å². The van der Waals surface area contributed by atoms with Crippen LogP contribution in [0.2, 0.25) is 0 Å². The molecule has 2 amide bonds. The summed E-state index contributed by atoms with van der Waals surface area (Å²) < 4.78 is 0. The Balaban J connectivity index is 1.63. The Bertz CT molecular complexity index is 638. The highest BCUT2D eigenvalue weighted by atomic mass is 16.2.